The van der Waals surface area contributed by atoms with Gasteiger partial charge in [0.2, 0.25) is 0 Å². The number of nitrogens with zero attached hydrogens (tertiary/aromatic N) is 1. The highest BCUT2D eigenvalue weighted by molar-refractivity contribution is 7.47. The molecule has 0 aromatic rings. The molecule has 2 atom stereocenters. The molecule has 0 spiro atoms. The van der Waals surface area contributed by atoms with Crippen LogP contribution in [-0.4, -0.2) is 80.7 Å². The molecule has 11 heteroatoms. The maximum atomic E-state index is 12.7. The Morgan fingerprint density at radius 2 is 1.15 bits per heavy atom. The van der Waals surface area contributed by atoms with Crippen LogP contribution in [0.1, 0.15) is 162 Å². The number of carbonyl (C=O) groups excluding carboxylic acids is 3. The minimum absolute atomic E-state index is 0.00769. The molecule has 318 valence electrons. The number of unbranched alkanes of at least 4 members (excludes halogenated alkanes) is 15. The predicted molar refractivity (Wildman–Crippen MR) is 225 cm³/mol. The van der Waals surface area contributed by atoms with E-state index in [0.717, 1.165) is 77.0 Å². The summed E-state index contributed by atoms with van der Waals surface area (Å²) in [6.07, 6.45) is 36.9. The lowest BCUT2D eigenvalue weighted by molar-refractivity contribution is -0.870. The smallest absolute Gasteiger partial charge is 0.462 e. The molecule has 0 aliphatic rings. The molecule has 0 radical (unpaired) electrons. The Hall–Kier alpha value is -2.36. The predicted octanol–water partition coefficient (Wildman–Crippen LogP) is 11.1. The van der Waals surface area contributed by atoms with Crippen LogP contribution >= 0.6 is 7.82 Å². The van der Waals surface area contributed by atoms with Crippen LogP contribution in [0.5, 0.6) is 0 Å². The van der Waals surface area contributed by atoms with E-state index in [1.165, 1.54) is 38.5 Å². The van der Waals surface area contributed by atoms with Crippen molar-refractivity contribution >= 4 is 25.5 Å². The summed E-state index contributed by atoms with van der Waals surface area (Å²) in [6, 6.07) is 0. The SMILES string of the molecule is CCCCC/C=C\C=C\C(=O)CCCCCCCC(=O)OC[C@H](COP(=O)(O)OCC[N+](C)(C)C)OC(=O)CCCCCCC/C=C\C/C=C\CCCCC. The molecule has 55 heavy (non-hydrogen) atoms. The first-order valence-corrected chi connectivity index (χ1v) is 22.8. The van der Waals surface area contributed by atoms with Gasteiger partial charge in [-0.2, -0.15) is 0 Å². The van der Waals surface area contributed by atoms with Crippen molar-refractivity contribution < 1.29 is 46.8 Å². The lowest BCUT2D eigenvalue weighted by atomic mass is 10.1. The van der Waals surface area contributed by atoms with E-state index in [4.69, 9.17) is 18.5 Å². The fourth-order valence-corrected chi connectivity index (χ4v) is 6.12. The Morgan fingerprint density at radius 3 is 1.75 bits per heavy atom. The van der Waals surface area contributed by atoms with E-state index >= 15 is 0 Å². The Kier molecular flexibility index (Phi) is 34.5. The summed E-state index contributed by atoms with van der Waals surface area (Å²) >= 11 is 0. The fourth-order valence-electron chi connectivity index (χ4n) is 5.38. The maximum absolute atomic E-state index is 12.7. The first kappa shape index (κ1) is 52.6. The highest BCUT2D eigenvalue weighted by Gasteiger charge is 2.27. The normalized spacial score (nSPS) is 14.0. The second-order valence-electron chi connectivity index (χ2n) is 15.4. The van der Waals surface area contributed by atoms with Crippen molar-refractivity contribution in [2.45, 2.75) is 168 Å². The average Bonchev–Trinajstić information content (AvgIpc) is 3.12. The van der Waals surface area contributed by atoms with Crippen LogP contribution in [0.4, 0.5) is 0 Å². The third kappa shape index (κ3) is 39.7. The number of hydrogen-bond acceptors (Lipinski definition) is 8. The number of quaternary nitrogens is 1. The van der Waals surface area contributed by atoms with E-state index < -0.39 is 32.5 Å². The minimum Gasteiger partial charge on any atom is -0.462 e. The number of likely N-dealkylation sites (N-methyl/N-ethyl adjacent to an activating group) is 1. The highest BCUT2D eigenvalue weighted by atomic mass is 31.2. The molecule has 0 saturated carbocycles. The summed E-state index contributed by atoms with van der Waals surface area (Å²) in [7, 11) is 1.39. The van der Waals surface area contributed by atoms with Gasteiger partial charge >= 0.3 is 19.8 Å². The molecular formula is C44H79NO9P+. The molecule has 1 N–H and O–H groups in total. The van der Waals surface area contributed by atoms with Gasteiger partial charge in [-0.25, -0.2) is 4.57 Å². The van der Waals surface area contributed by atoms with E-state index in [-0.39, 0.29) is 31.8 Å². The lowest BCUT2D eigenvalue weighted by Crippen LogP contribution is -2.37. The lowest BCUT2D eigenvalue weighted by Gasteiger charge is -2.24. The maximum Gasteiger partial charge on any atom is 0.472 e. The van der Waals surface area contributed by atoms with E-state index in [0.29, 0.717) is 30.3 Å². The van der Waals surface area contributed by atoms with E-state index in [2.05, 4.69) is 44.2 Å². The number of phosphoric acid groups is 1. The van der Waals surface area contributed by atoms with Crippen LogP contribution in [-0.2, 0) is 37.5 Å². The zero-order valence-electron chi connectivity index (χ0n) is 35.4. The largest absolute Gasteiger partial charge is 0.472 e. The monoisotopic (exact) mass is 797 g/mol. The van der Waals surface area contributed by atoms with Gasteiger partial charge in [0.25, 0.3) is 0 Å². The van der Waals surface area contributed by atoms with Crippen LogP contribution in [0.15, 0.2) is 48.6 Å². The van der Waals surface area contributed by atoms with Crippen molar-refractivity contribution in [1.29, 1.82) is 0 Å². The Morgan fingerprint density at radius 1 is 0.618 bits per heavy atom. The van der Waals surface area contributed by atoms with Gasteiger partial charge in [0.1, 0.15) is 19.8 Å². The molecule has 0 amide bonds. The van der Waals surface area contributed by atoms with E-state index in [1.54, 1.807) is 6.08 Å². The second kappa shape index (κ2) is 36.0. The number of allylic oxidation sites excluding steroid dienone is 8. The fraction of sp³-hybridized carbons (Fsp3) is 0.750. The summed E-state index contributed by atoms with van der Waals surface area (Å²) in [4.78, 5) is 47.3. The molecule has 0 aromatic heterocycles. The number of phosphoric ester groups is 1. The zero-order valence-corrected chi connectivity index (χ0v) is 36.3. The van der Waals surface area contributed by atoms with E-state index in [1.807, 2.05) is 33.3 Å². The second-order valence-corrected chi connectivity index (χ2v) is 16.9. The Balaban J connectivity index is 4.50. The van der Waals surface area contributed by atoms with Crippen molar-refractivity contribution in [3.05, 3.63) is 48.6 Å². The minimum atomic E-state index is -4.40. The molecule has 0 saturated heterocycles. The zero-order chi connectivity index (χ0) is 40.9. The van der Waals surface area contributed by atoms with Crippen LogP contribution in [0.3, 0.4) is 0 Å². The molecule has 0 bridgehead atoms. The van der Waals surface area contributed by atoms with Crippen molar-refractivity contribution in [3.8, 4) is 0 Å². The summed E-state index contributed by atoms with van der Waals surface area (Å²) in [5.41, 5.74) is 0. The number of ketones is 1. The van der Waals surface area contributed by atoms with Crippen molar-refractivity contribution in [1.82, 2.24) is 0 Å². The molecular weight excluding hydrogens is 717 g/mol. The van der Waals surface area contributed by atoms with Crippen molar-refractivity contribution in [2.75, 3.05) is 47.5 Å². The van der Waals surface area contributed by atoms with Crippen LogP contribution in [0.25, 0.3) is 0 Å². The summed E-state index contributed by atoms with van der Waals surface area (Å²) in [6.45, 7) is 4.17. The van der Waals surface area contributed by atoms with Gasteiger partial charge in [0, 0.05) is 19.3 Å². The third-order valence-corrected chi connectivity index (χ3v) is 9.79. The van der Waals surface area contributed by atoms with Gasteiger partial charge in [-0.05, 0) is 70.3 Å². The molecule has 10 nitrogen and oxygen atoms in total. The molecule has 0 aromatic carbocycles. The van der Waals surface area contributed by atoms with Crippen LogP contribution in [0.2, 0.25) is 0 Å². The van der Waals surface area contributed by atoms with Crippen molar-refractivity contribution in [2.24, 2.45) is 0 Å². The van der Waals surface area contributed by atoms with Gasteiger partial charge < -0.3 is 18.9 Å². The first-order valence-electron chi connectivity index (χ1n) is 21.3. The standard InChI is InChI=1S/C44H78NO9P/c1-6-8-10-12-14-15-16-17-18-19-20-21-23-27-32-36-44(48)54-42(40-53-55(49,50)52-38-37-45(3,4)5)39-51-43(47)35-31-28-24-26-30-34-41(46)33-29-25-22-13-11-9-7-2/h14-15,17-18,22,25,29,33,42H,6-13,16,19-21,23-24,26-28,30-32,34-40H2,1-5H3/p+1/b15-14-,18-17-,25-22-,33-29+/t42-/m1/s1. The summed E-state index contributed by atoms with van der Waals surface area (Å²) < 4.78 is 34.1. The molecule has 0 aliphatic heterocycles. The third-order valence-electron chi connectivity index (χ3n) is 8.81. The van der Waals surface area contributed by atoms with Gasteiger partial charge in [0.05, 0.1) is 27.7 Å². The number of rotatable bonds is 38. The molecule has 0 aliphatic carbocycles. The van der Waals surface area contributed by atoms with Crippen LogP contribution < -0.4 is 0 Å². The van der Waals surface area contributed by atoms with Crippen LogP contribution in [0, 0.1) is 0 Å². The molecule has 0 heterocycles. The van der Waals surface area contributed by atoms with Gasteiger partial charge in [-0.1, -0.05) is 121 Å². The topological polar surface area (TPSA) is 125 Å². The first-order chi connectivity index (χ1) is 26.4. The molecule has 0 fully saturated rings. The summed E-state index contributed by atoms with van der Waals surface area (Å²) in [5, 5.41) is 0. The van der Waals surface area contributed by atoms with Gasteiger partial charge in [0.15, 0.2) is 11.9 Å². The number of esters is 2. The van der Waals surface area contributed by atoms with Gasteiger partial charge in [-0.15, -0.1) is 0 Å². The Bertz CT molecular complexity index is 1140. The highest BCUT2D eigenvalue weighted by Crippen LogP contribution is 2.43. The molecule has 0 rings (SSSR count). The quantitative estimate of drug-likeness (QED) is 0.0124. The number of ether oxygens (including phenoxy) is 2. The summed E-state index contributed by atoms with van der Waals surface area (Å²) in [5.74, 6) is -0.786. The van der Waals surface area contributed by atoms with Gasteiger partial charge in [-0.3, -0.25) is 23.4 Å². The van der Waals surface area contributed by atoms with Crippen molar-refractivity contribution in [3.63, 3.8) is 0 Å². The van der Waals surface area contributed by atoms with E-state index in [9.17, 15) is 23.8 Å². The average molecular weight is 797 g/mol. The number of carbonyl (C=O) groups is 3. The Labute approximate surface area is 335 Å². The molecule has 1 unspecified atom stereocenters. The number of hydrogen-bond donors (Lipinski definition) is 1.